The molecule has 0 bridgehead atoms. The minimum absolute atomic E-state index is 0.242. The second-order valence-electron chi connectivity index (χ2n) is 3.57. The Kier molecular flexibility index (Phi) is 2.49. The number of benzene rings is 1. The number of nitrogens with zero attached hydrogens (tertiary/aromatic N) is 2. The highest BCUT2D eigenvalue weighted by Crippen LogP contribution is 2.22. The second kappa shape index (κ2) is 4.14. The van der Waals surface area contributed by atoms with Gasteiger partial charge in [-0.3, -0.25) is 0 Å². The molecule has 0 N–H and O–H groups in total. The minimum Gasteiger partial charge on any atom is -0.459 e. The zero-order valence-corrected chi connectivity index (χ0v) is 9.59. The molecule has 0 unspecified atom stereocenters. The largest absolute Gasteiger partial charge is 0.459 e. The van der Waals surface area contributed by atoms with Crippen LogP contribution in [-0.4, -0.2) is 16.6 Å². The van der Waals surface area contributed by atoms with Gasteiger partial charge in [-0.15, -0.1) is 0 Å². The lowest BCUT2D eigenvalue weighted by Gasteiger charge is -1.99. The Morgan fingerprint density at radius 2 is 2.00 bits per heavy atom. The first-order chi connectivity index (χ1) is 8.33. The summed E-state index contributed by atoms with van der Waals surface area (Å²) in [5.74, 6) is 0.588. The number of ether oxygens (including phenoxy) is 2. The van der Waals surface area contributed by atoms with Gasteiger partial charge in [-0.05, 0) is 17.7 Å². The van der Waals surface area contributed by atoms with Crippen molar-refractivity contribution >= 4 is 17.5 Å². The van der Waals surface area contributed by atoms with Crippen LogP contribution in [0.3, 0.4) is 0 Å². The molecular weight excluding hydrogens is 240 g/mol. The van der Waals surface area contributed by atoms with Gasteiger partial charge in [-0.2, -0.15) is 5.10 Å². The number of hydrogen-bond acceptors (Lipinski definition) is 3. The van der Waals surface area contributed by atoms with Gasteiger partial charge in [-0.1, -0.05) is 23.7 Å². The zero-order chi connectivity index (χ0) is 11.7. The molecule has 0 aliphatic carbocycles. The molecule has 17 heavy (non-hydrogen) atoms. The van der Waals surface area contributed by atoms with Crippen molar-refractivity contribution in [2.45, 2.75) is 0 Å². The van der Waals surface area contributed by atoms with E-state index in [9.17, 15) is 0 Å². The predicted octanol–water partition coefficient (Wildman–Crippen LogP) is 2.96. The molecule has 0 spiro atoms. The molecule has 0 atom stereocenters. The van der Waals surface area contributed by atoms with E-state index < -0.39 is 0 Å². The summed E-state index contributed by atoms with van der Waals surface area (Å²) >= 11 is 5.84. The molecule has 3 rings (SSSR count). The fourth-order valence-corrected chi connectivity index (χ4v) is 1.71. The lowest BCUT2D eigenvalue weighted by atomic mass is 10.1. The summed E-state index contributed by atoms with van der Waals surface area (Å²) in [4.78, 5) is 0. The molecule has 2 heterocycles. The molecule has 0 saturated carbocycles. The van der Waals surface area contributed by atoms with Crippen molar-refractivity contribution < 1.29 is 9.47 Å². The van der Waals surface area contributed by atoms with Crippen molar-refractivity contribution in [2.24, 2.45) is 0 Å². The lowest BCUT2D eigenvalue weighted by molar-refractivity contribution is 0.0951. The Hall–Kier alpha value is -1.94. The first kappa shape index (κ1) is 10.2. The van der Waals surface area contributed by atoms with Crippen LogP contribution in [0.15, 0.2) is 42.9 Å². The highest BCUT2D eigenvalue weighted by Gasteiger charge is 2.10. The van der Waals surface area contributed by atoms with Gasteiger partial charge in [-0.25, -0.2) is 4.68 Å². The molecule has 1 aromatic heterocycles. The third-order valence-corrected chi connectivity index (χ3v) is 2.70. The average Bonchev–Trinajstić information content (AvgIpc) is 3.00. The van der Waals surface area contributed by atoms with Gasteiger partial charge in [0.25, 0.3) is 5.88 Å². The molecule has 0 radical (unpaired) electrons. The van der Waals surface area contributed by atoms with Crippen LogP contribution in [0.2, 0.25) is 5.02 Å². The Balaban J connectivity index is 1.92. The molecule has 2 aromatic rings. The molecule has 0 amide bonds. The van der Waals surface area contributed by atoms with Crippen molar-refractivity contribution in [2.75, 3.05) is 6.79 Å². The maximum Gasteiger partial charge on any atom is 0.253 e. The normalized spacial score (nSPS) is 14.1. The summed E-state index contributed by atoms with van der Waals surface area (Å²) in [6, 6.07) is 7.60. The van der Waals surface area contributed by atoms with Crippen molar-refractivity contribution in [1.29, 1.82) is 0 Å². The number of halogens is 1. The Morgan fingerprint density at radius 1 is 1.18 bits per heavy atom. The van der Waals surface area contributed by atoms with Gasteiger partial charge in [0.15, 0.2) is 0 Å². The van der Waals surface area contributed by atoms with E-state index in [4.69, 9.17) is 21.1 Å². The van der Waals surface area contributed by atoms with Gasteiger partial charge in [0, 0.05) is 16.8 Å². The van der Waals surface area contributed by atoms with Gasteiger partial charge in [0.1, 0.15) is 6.26 Å². The summed E-state index contributed by atoms with van der Waals surface area (Å²) < 4.78 is 11.8. The first-order valence-electron chi connectivity index (χ1n) is 5.08. The van der Waals surface area contributed by atoms with Gasteiger partial charge < -0.3 is 9.47 Å². The summed E-state index contributed by atoms with van der Waals surface area (Å²) in [5, 5.41) is 4.93. The Labute approximate surface area is 103 Å². The standard InChI is InChI=1S/C12H9ClN2O2/c13-11-3-1-9(2-4-11)10-5-14-15(6-10)12-7-16-8-17-12/h1-7H,8H2. The summed E-state index contributed by atoms with van der Waals surface area (Å²) in [6.07, 6.45) is 5.19. The number of rotatable bonds is 2. The van der Waals surface area contributed by atoms with E-state index in [0.29, 0.717) is 5.88 Å². The van der Waals surface area contributed by atoms with E-state index in [1.807, 2.05) is 30.5 Å². The molecule has 5 heteroatoms. The molecule has 4 nitrogen and oxygen atoms in total. The minimum atomic E-state index is 0.242. The van der Waals surface area contributed by atoms with Crippen LogP contribution in [0.25, 0.3) is 17.0 Å². The van der Waals surface area contributed by atoms with Crippen LogP contribution >= 0.6 is 11.6 Å². The van der Waals surface area contributed by atoms with Crippen LogP contribution in [-0.2, 0) is 9.47 Å². The van der Waals surface area contributed by atoms with Gasteiger partial charge >= 0.3 is 0 Å². The van der Waals surface area contributed by atoms with Crippen LogP contribution in [0.5, 0.6) is 0 Å². The van der Waals surface area contributed by atoms with E-state index >= 15 is 0 Å². The Morgan fingerprint density at radius 3 is 2.71 bits per heavy atom. The highest BCUT2D eigenvalue weighted by atomic mass is 35.5. The molecule has 1 aliphatic heterocycles. The SMILES string of the molecule is Clc1ccc(-c2cnn(C3=COCO3)c2)cc1. The van der Waals surface area contributed by atoms with Crippen LogP contribution in [0, 0.1) is 0 Å². The topological polar surface area (TPSA) is 36.3 Å². The fourth-order valence-electron chi connectivity index (χ4n) is 1.59. The van der Waals surface area contributed by atoms with E-state index in [1.54, 1.807) is 17.1 Å². The fraction of sp³-hybridized carbons (Fsp3) is 0.0833. The second-order valence-corrected chi connectivity index (χ2v) is 4.00. The van der Waals surface area contributed by atoms with Gasteiger partial charge in [0.2, 0.25) is 6.79 Å². The monoisotopic (exact) mass is 248 g/mol. The Bertz CT molecular complexity index is 560. The van der Waals surface area contributed by atoms with Crippen molar-refractivity contribution in [3.05, 3.63) is 47.9 Å². The molecular formula is C12H9ClN2O2. The maximum absolute atomic E-state index is 5.84. The quantitative estimate of drug-likeness (QED) is 0.820. The first-order valence-corrected chi connectivity index (χ1v) is 5.46. The lowest BCUT2D eigenvalue weighted by Crippen LogP contribution is -1.97. The third kappa shape index (κ3) is 1.99. The van der Waals surface area contributed by atoms with E-state index in [-0.39, 0.29) is 6.79 Å². The molecule has 0 fully saturated rings. The van der Waals surface area contributed by atoms with Crippen molar-refractivity contribution in [3.63, 3.8) is 0 Å². The van der Waals surface area contributed by atoms with Crippen LogP contribution in [0.1, 0.15) is 0 Å². The molecule has 86 valence electrons. The van der Waals surface area contributed by atoms with Crippen LogP contribution < -0.4 is 0 Å². The zero-order valence-electron chi connectivity index (χ0n) is 8.84. The number of aromatic nitrogens is 2. The van der Waals surface area contributed by atoms with E-state index in [2.05, 4.69) is 5.10 Å². The third-order valence-electron chi connectivity index (χ3n) is 2.44. The van der Waals surface area contributed by atoms with Crippen LogP contribution in [0.4, 0.5) is 0 Å². The summed E-state index contributed by atoms with van der Waals surface area (Å²) in [6.45, 7) is 0.242. The molecule has 1 aliphatic rings. The van der Waals surface area contributed by atoms with Crippen molar-refractivity contribution in [3.8, 4) is 11.1 Å². The molecule has 1 aromatic carbocycles. The predicted molar refractivity (Wildman–Crippen MR) is 64.0 cm³/mol. The highest BCUT2D eigenvalue weighted by molar-refractivity contribution is 6.30. The van der Waals surface area contributed by atoms with E-state index in [1.165, 1.54) is 0 Å². The smallest absolute Gasteiger partial charge is 0.253 e. The summed E-state index contributed by atoms with van der Waals surface area (Å²) in [5.41, 5.74) is 2.05. The molecule has 0 saturated heterocycles. The maximum atomic E-state index is 5.84. The van der Waals surface area contributed by atoms with Gasteiger partial charge in [0.05, 0.1) is 6.20 Å². The van der Waals surface area contributed by atoms with Crippen molar-refractivity contribution in [1.82, 2.24) is 9.78 Å². The summed E-state index contributed by atoms with van der Waals surface area (Å²) in [7, 11) is 0. The average molecular weight is 249 g/mol. The number of hydrogen-bond donors (Lipinski definition) is 0. The van der Waals surface area contributed by atoms with E-state index in [0.717, 1.165) is 16.1 Å².